The number of hydrogen-bond acceptors (Lipinski definition) is 4. The van der Waals surface area contributed by atoms with Crippen molar-refractivity contribution in [2.75, 3.05) is 5.73 Å². The second-order valence-electron chi connectivity index (χ2n) is 3.56. The molecular weight excluding hydrogens is 279 g/mol. The highest BCUT2D eigenvalue weighted by atomic mass is 32.1. The SMILES string of the molecule is N#Cc1ccc(-n2c(N)n[nH]c2=S)cc1C(F)(F)F. The van der Waals surface area contributed by atoms with E-state index in [0.29, 0.717) is 0 Å². The van der Waals surface area contributed by atoms with Gasteiger partial charge in [0.05, 0.1) is 22.9 Å². The van der Waals surface area contributed by atoms with E-state index in [1.54, 1.807) is 0 Å². The number of alkyl halides is 3. The molecule has 3 N–H and O–H groups in total. The maximum absolute atomic E-state index is 12.8. The van der Waals surface area contributed by atoms with Crippen LogP contribution in [0.5, 0.6) is 0 Å². The zero-order chi connectivity index (χ0) is 14.2. The molecule has 98 valence electrons. The number of halogens is 3. The van der Waals surface area contributed by atoms with Crippen molar-refractivity contribution in [2.45, 2.75) is 6.18 Å². The van der Waals surface area contributed by atoms with Crippen molar-refractivity contribution in [2.24, 2.45) is 0 Å². The van der Waals surface area contributed by atoms with Crippen LogP contribution in [0.1, 0.15) is 11.1 Å². The summed E-state index contributed by atoms with van der Waals surface area (Å²) in [6.07, 6.45) is -4.64. The molecule has 1 aromatic carbocycles. The number of nitrogens with one attached hydrogen (secondary N) is 1. The van der Waals surface area contributed by atoms with Crippen LogP contribution in [0.25, 0.3) is 5.69 Å². The van der Waals surface area contributed by atoms with E-state index in [9.17, 15) is 13.2 Å². The fourth-order valence-corrected chi connectivity index (χ4v) is 1.81. The lowest BCUT2D eigenvalue weighted by molar-refractivity contribution is -0.137. The summed E-state index contributed by atoms with van der Waals surface area (Å²) in [5.74, 6) is -0.0668. The molecule has 0 atom stereocenters. The van der Waals surface area contributed by atoms with E-state index in [1.807, 2.05) is 0 Å². The molecule has 1 aromatic heterocycles. The third-order valence-electron chi connectivity index (χ3n) is 2.39. The van der Waals surface area contributed by atoms with Gasteiger partial charge in [-0.3, -0.25) is 4.57 Å². The molecule has 0 saturated carbocycles. The summed E-state index contributed by atoms with van der Waals surface area (Å²) in [4.78, 5) is 0. The molecule has 0 aliphatic carbocycles. The molecule has 19 heavy (non-hydrogen) atoms. The first-order chi connectivity index (χ1) is 8.84. The predicted octanol–water partition coefficient (Wildman–Crippen LogP) is 2.40. The second-order valence-corrected chi connectivity index (χ2v) is 3.95. The van der Waals surface area contributed by atoms with Gasteiger partial charge in [-0.05, 0) is 30.4 Å². The number of rotatable bonds is 1. The first-order valence-corrected chi connectivity index (χ1v) is 5.30. The highest BCUT2D eigenvalue weighted by molar-refractivity contribution is 7.71. The van der Waals surface area contributed by atoms with Crippen molar-refractivity contribution in [3.05, 3.63) is 34.1 Å². The molecule has 0 spiro atoms. The first kappa shape index (κ1) is 13.1. The van der Waals surface area contributed by atoms with Crippen molar-refractivity contribution in [3.63, 3.8) is 0 Å². The summed E-state index contributed by atoms with van der Waals surface area (Å²) in [5, 5.41) is 14.7. The third kappa shape index (κ3) is 2.30. The summed E-state index contributed by atoms with van der Waals surface area (Å²) < 4.78 is 39.7. The molecule has 0 bridgehead atoms. The number of hydrogen-bond donors (Lipinski definition) is 2. The lowest BCUT2D eigenvalue weighted by Gasteiger charge is -2.11. The second kappa shape index (κ2) is 4.40. The predicted molar refractivity (Wildman–Crippen MR) is 62.9 cm³/mol. The number of nitrogens with two attached hydrogens (primary N) is 1. The molecule has 2 rings (SSSR count). The zero-order valence-corrected chi connectivity index (χ0v) is 10.0. The molecule has 9 heteroatoms. The van der Waals surface area contributed by atoms with Gasteiger partial charge in [0.2, 0.25) is 10.7 Å². The molecule has 0 aliphatic rings. The molecule has 0 aliphatic heterocycles. The van der Waals surface area contributed by atoms with E-state index < -0.39 is 17.3 Å². The van der Waals surface area contributed by atoms with Gasteiger partial charge in [-0.15, -0.1) is 5.10 Å². The van der Waals surface area contributed by atoms with Crippen LogP contribution in [0.3, 0.4) is 0 Å². The van der Waals surface area contributed by atoms with Gasteiger partial charge in [0.1, 0.15) is 0 Å². The number of nitrogen functional groups attached to an aromatic ring is 1. The van der Waals surface area contributed by atoms with Crippen LogP contribution in [0, 0.1) is 16.1 Å². The van der Waals surface area contributed by atoms with E-state index in [4.69, 9.17) is 23.2 Å². The Hall–Kier alpha value is -2.34. The number of H-pyrrole nitrogens is 1. The van der Waals surface area contributed by atoms with Gasteiger partial charge in [-0.1, -0.05) is 0 Å². The zero-order valence-electron chi connectivity index (χ0n) is 9.19. The largest absolute Gasteiger partial charge is 0.417 e. The maximum Gasteiger partial charge on any atom is 0.417 e. The summed E-state index contributed by atoms with van der Waals surface area (Å²) in [5.41, 5.74) is 4.08. The topological polar surface area (TPSA) is 83.4 Å². The van der Waals surface area contributed by atoms with Gasteiger partial charge in [-0.25, -0.2) is 5.10 Å². The summed E-state index contributed by atoms with van der Waals surface area (Å²) in [6, 6.07) is 4.68. The van der Waals surface area contributed by atoms with Crippen LogP contribution in [0.15, 0.2) is 18.2 Å². The third-order valence-corrected chi connectivity index (χ3v) is 2.66. The van der Waals surface area contributed by atoms with Gasteiger partial charge in [0.15, 0.2) is 0 Å². The average molecular weight is 285 g/mol. The lowest BCUT2D eigenvalue weighted by Crippen LogP contribution is -2.10. The summed E-state index contributed by atoms with van der Waals surface area (Å²) in [6.45, 7) is 0. The minimum atomic E-state index is -4.64. The Labute approximate surface area is 110 Å². The normalized spacial score (nSPS) is 11.3. The van der Waals surface area contributed by atoms with Gasteiger partial charge in [0.25, 0.3) is 0 Å². The Balaban J connectivity index is 2.70. The Morgan fingerprint density at radius 1 is 1.42 bits per heavy atom. The van der Waals surface area contributed by atoms with Gasteiger partial charge >= 0.3 is 6.18 Å². The standard InChI is InChI=1S/C10H6F3N5S/c11-10(12,13)7-3-6(2-1-5(7)4-14)18-8(15)16-17-9(18)19/h1-3H,(H2,15,16)(H,17,19). The number of nitriles is 1. The molecule has 5 nitrogen and oxygen atoms in total. The number of nitrogens with zero attached hydrogens (tertiary/aromatic N) is 3. The average Bonchev–Trinajstić information content (AvgIpc) is 2.67. The van der Waals surface area contributed by atoms with Crippen LogP contribution in [-0.2, 0) is 6.18 Å². The first-order valence-electron chi connectivity index (χ1n) is 4.89. The van der Waals surface area contributed by atoms with Gasteiger partial charge in [-0.2, -0.15) is 18.4 Å². The Bertz CT molecular complexity index is 722. The Morgan fingerprint density at radius 3 is 2.58 bits per heavy atom. The molecule has 0 amide bonds. The molecule has 0 saturated heterocycles. The smallest absolute Gasteiger partial charge is 0.368 e. The van der Waals surface area contributed by atoms with Crippen LogP contribution in [-0.4, -0.2) is 14.8 Å². The minimum absolute atomic E-state index is 0.0651. The van der Waals surface area contributed by atoms with Gasteiger partial charge in [0, 0.05) is 0 Å². The van der Waals surface area contributed by atoms with Crippen LogP contribution in [0.4, 0.5) is 19.1 Å². The highest BCUT2D eigenvalue weighted by Crippen LogP contribution is 2.33. The van der Waals surface area contributed by atoms with Crippen molar-refractivity contribution in [1.29, 1.82) is 5.26 Å². The highest BCUT2D eigenvalue weighted by Gasteiger charge is 2.34. The monoisotopic (exact) mass is 285 g/mol. The van der Waals surface area contributed by atoms with Gasteiger partial charge < -0.3 is 5.73 Å². The van der Waals surface area contributed by atoms with Crippen LogP contribution in [0.2, 0.25) is 0 Å². The van der Waals surface area contributed by atoms with Crippen molar-refractivity contribution < 1.29 is 13.2 Å². The number of aromatic nitrogens is 3. The molecule has 0 radical (unpaired) electrons. The minimum Gasteiger partial charge on any atom is -0.368 e. The summed E-state index contributed by atoms with van der Waals surface area (Å²) in [7, 11) is 0. The fourth-order valence-electron chi connectivity index (χ4n) is 1.56. The molecule has 1 heterocycles. The maximum atomic E-state index is 12.8. The van der Waals surface area contributed by atoms with Crippen molar-refractivity contribution >= 4 is 18.2 Å². The molecular formula is C10H6F3N5S. The molecule has 0 fully saturated rings. The van der Waals surface area contributed by atoms with Crippen molar-refractivity contribution in [3.8, 4) is 11.8 Å². The summed E-state index contributed by atoms with van der Waals surface area (Å²) >= 11 is 4.87. The fraction of sp³-hybridized carbons (Fsp3) is 0.100. The van der Waals surface area contributed by atoms with E-state index in [1.165, 1.54) is 12.1 Å². The molecule has 0 unspecified atom stereocenters. The quantitative estimate of drug-likeness (QED) is 0.788. The number of benzene rings is 1. The Kier molecular flexibility index (Phi) is 3.03. The van der Waals surface area contributed by atoms with E-state index in [2.05, 4.69) is 10.2 Å². The number of aromatic amines is 1. The van der Waals surface area contributed by atoms with Crippen LogP contribution < -0.4 is 5.73 Å². The lowest BCUT2D eigenvalue weighted by atomic mass is 10.1. The number of anilines is 1. The van der Waals surface area contributed by atoms with E-state index in [0.717, 1.165) is 16.7 Å². The van der Waals surface area contributed by atoms with Crippen LogP contribution >= 0.6 is 12.2 Å². The van der Waals surface area contributed by atoms with E-state index >= 15 is 0 Å². The van der Waals surface area contributed by atoms with E-state index in [-0.39, 0.29) is 16.4 Å². The van der Waals surface area contributed by atoms with Crippen molar-refractivity contribution in [1.82, 2.24) is 14.8 Å². The Morgan fingerprint density at radius 2 is 2.11 bits per heavy atom. The molecule has 2 aromatic rings.